The van der Waals surface area contributed by atoms with E-state index in [0.717, 1.165) is 56.4 Å². The van der Waals surface area contributed by atoms with E-state index in [1.807, 2.05) is 19.9 Å². The number of oxazole rings is 1. The van der Waals surface area contributed by atoms with Gasteiger partial charge in [0.1, 0.15) is 11.8 Å². The molecule has 0 bridgehead atoms. The molecule has 0 unspecified atom stereocenters. The van der Waals surface area contributed by atoms with Crippen LogP contribution in [-0.4, -0.2) is 37.9 Å². The second kappa shape index (κ2) is 8.31. The number of sulfonamides is 1. The minimum absolute atomic E-state index is 0.0556. The van der Waals surface area contributed by atoms with Gasteiger partial charge in [-0.2, -0.15) is 5.26 Å². The quantitative estimate of drug-likeness (QED) is 0.757. The molecule has 0 atom stereocenters. The lowest BCUT2D eigenvalue weighted by molar-refractivity contribution is 0.167. The van der Waals surface area contributed by atoms with Crippen molar-refractivity contribution in [1.29, 1.82) is 5.26 Å². The molecule has 9 heteroatoms. The van der Waals surface area contributed by atoms with Crippen LogP contribution in [0.5, 0.6) is 0 Å². The average molecular weight is 404 g/mol. The van der Waals surface area contributed by atoms with Gasteiger partial charge in [0, 0.05) is 6.54 Å². The summed E-state index contributed by atoms with van der Waals surface area (Å²) >= 11 is 0. The second-order valence-electron chi connectivity index (χ2n) is 7.21. The van der Waals surface area contributed by atoms with E-state index < -0.39 is 10.0 Å². The molecule has 1 aliphatic rings. The molecule has 0 radical (unpaired) electrons. The highest BCUT2D eigenvalue weighted by molar-refractivity contribution is 7.89. The summed E-state index contributed by atoms with van der Waals surface area (Å²) in [5.41, 5.74) is 1.84. The van der Waals surface area contributed by atoms with Crippen LogP contribution in [0.2, 0.25) is 0 Å². The van der Waals surface area contributed by atoms with E-state index in [1.54, 1.807) is 6.07 Å². The van der Waals surface area contributed by atoms with Crippen molar-refractivity contribution in [2.75, 3.05) is 25.0 Å². The number of anilines is 1. The molecule has 3 rings (SSSR count). The van der Waals surface area contributed by atoms with Gasteiger partial charge in [0.05, 0.1) is 28.4 Å². The first kappa shape index (κ1) is 20.3. The van der Waals surface area contributed by atoms with Crippen molar-refractivity contribution in [3.05, 3.63) is 41.1 Å². The number of aryl methyl sites for hydroxylation is 2. The number of benzene rings is 1. The Bertz CT molecular complexity index is 966. The Morgan fingerprint density at radius 3 is 2.64 bits per heavy atom. The van der Waals surface area contributed by atoms with Crippen molar-refractivity contribution < 1.29 is 12.8 Å². The van der Waals surface area contributed by atoms with Gasteiger partial charge in [0.15, 0.2) is 0 Å². The number of nitriles is 1. The number of likely N-dealkylation sites (tertiary alicyclic amines) is 1. The van der Waals surface area contributed by atoms with Crippen LogP contribution < -0.4 is 10.5 Å². The van der Waals surface area contributed by atoms with Crippen molar-refractivity contribution in [2.24, 2.45) is 11.1 Å². The molecule has 0 aliphatic carbocycles. The number of hydrogen-bond acceptors (Lipinski definition) is 7. The number of piperidine rings is 1. The van der Waals surface area contributed by atoms with Gasteiger partial charge in [-0.1, -0.05) is 0 Å². The topological polar surface area (TPSA) is 125 Å². The first-order valence-electron chi connectivity index (χ1n) is 9.22. The zero-order valence-corrected chi connectivity index (χ0v) is 16.9. The fraction of sp³-hybridized carbons (Fsp3) is 0.474. The molecule has 150 valence electrons. The third-order valence-electron chi connectivity index (χ3n) is 5.16. The van der Waals surface area contributed by atoms with Gasteiger partial charge in [-0.25, -0.2) is 18.5 Å². The normalized spacial score (nSPS) is 16.1. The van der Waals surface area contributed by atoms with Crippen LogP contribution >= 0.6 is 0 Å². The Morgan fingerprint density at radius 1 is 1.36 bits per heavy atom. The summed E-state index contributed by atoms with van der Waals surface area (Å²) in [6, 6.07) is 6.35. The third kappa shape index (κ3) is 4.90. The monoisotopic (exact) mass is 403 g/mol. The van der Waals surface area contributed by atoms with Gasteiger partial charge in [-0.15, -0.1) is 0 Å². The number of primary sulfonamides is 1. The van der Waals surface area contributed by atoms with Crippen LogP contribution in [0.4, 0.5) is 5.69 Å². The molecule has 28 heavy (non-hydrogen) atoms. The summed E-state index contributed by atoms with van der Waals surface area (Å²) in [6.07, 6.45) is 2.06. The number of rotatable bonds is 6. The van der Waals surface area contributed by atoms with Crippen molar-refractivity contribution in [3.8, 4) is 6.07 Å². The van der Waals surface area contributed by atoms with Crippen LogP contribution in [0.1, 0.15) is 35.7 Å². The smallest absolute Gasteiger partial charge is 0.238 e. The molecular weight excluding hydrogens is 378 g/mol. The number of aromatic nitrogens is 1. The maximum absolute atomic E-state index is 11.4. The zero-order valence-electron chi connectivity index (χ0n) is 16.1. The number of nitrogens with one attached hydrogen (secondary N) is 1. The summed E-state index contributed by atoms with van der Waals surface area (Å²) in [7, 11) is -3.82. The molecule has 0 saturated carbocycles. The van der Waals surface area contributed by atoms with Gasteiger partial charge in [0.2, 0.25) is 15.9 Å². The maximum Gasteiger partial charge on any atom is 0.238 e. The molecule has 2 heterocycles. The minimum atomic E-state index is -3.82. The van der Waals surface area contributed by atoms with Crippen molar-refractivity contribution >= 4 is 15.7 Å². The standard InChI is InChI=1S/C19H25N5O3S/c1-13-14(2)27-19(23-13)12-24-7-5-15(6-8-24)11-22-18-4-3-17(28(21,25)26)9-16(18)10-20/h3-4,9,15,22H,5-8,11-12H2,1-2H3,(H2,21,25,26). The molecule has 1 aromatic heterocycles. The largest absolute Gasteiger partial charge is 0.444 e. The number of nitrogens with two attached hydrogens (primary N) is 1. The molecule has 2 aromatic rings. The molecule has 1 saturated heterocycles. The summed E-state index contributed by atoms with van der Waals surface area (Å²) in [5.74, 6) is 2.12. The Morgan fingerprint density at radius 2 is 2.07 bits per heavy atom. The van der Waals surface area contributed by atoms with E-state index in [9.17, 15) is 13.7 Å². The highest BCUT2D eigenvalue weighted by Gasteiger charge is 2.21. The van der Waals surface area contributed by atoms with Crippen LogP contribution in [-0.2, 0) is 16.6 Å². The van der Waals surface area contributed by atoms with Crippen molar-refractivity contribution in [1.82, 2.24) is 9.88 Å². The Kier molecular flexibility index (Phi) is 6.03. The van der Waals surface area contributed by atoms with Crippen molar-refractivity contribution in [3.63, 3.8) is 0 Å². The highest BCUT2D eigenvalue weighted by Crippen LogP contribution is 2.23. The predicted molar refractivity (Wildman–Crippen MR) is 105 cm³/mol. The fourth-order valence-electron chi connectivity index (χ4n) is 3.35. The van der Waals surface area contributed by atoms with Gasteiger partial charge < -0.3 is 9.73 Å². The molecule has 0 spiro atoms. The Balaban J connectivity index is 1.52. The lowest BCUT2D eigenvalue weighted by atomic mass is 9.96. The molecule has 1 aromatic carbocycles. The van der Waals surface area contributed by atoms with E-state index in [0.29, 0.717) is 11.6 Å². The van der Waals surface area contributed by atoms with Crippen LogP contribution in [0.3, 0.4) is 0 Å². The van der Waals surface area contributed by atoms with E-state index >= 15 is 0 Å². The first-order chi connectivity index (χ1) is 13.3. The SMILES string of the molecule is Cc1nc(CN2CCC(CNc3ccc(S(N)(=O)=O)cc3C#N)CC2)oc1C. The average Bonchev–Trinajstić information content (AvgIpc) is 2.97. The zero-order chi connectivity index (χ0) is 20.3. The molecule has 8 nitrogen and oxygen atoms in total. The minimum Gasteiger partial charge on any atom is -0.444 e. The molecule has 3 N–H and O–H groups in total. The Labute approximate surface area is 165 Å². The number of hydrogen-bond donors (Lipinski definition) is 2. The summed E-state index contributed by atoms with van der Waals surface area (Å²) < 4.78 is 28.5. The van der Waals surface area contributed by atoms with E-state index in [4.69, 9.17) is 9.56 Å². The van der Waals surface area contributed by atoms with Gasteiger partial charge in [0.25, 0.3) is 0 Å². The van der Waals surface area contributed by atoms with Crippen LogP contribution in [0.25, 0.3) is 0 Å². The summed E-state index contributed by atoms with van der Waals surface area (Å²) in [4.78, 5) is 6.72. The van der Waals surface area contributed by atoms with E-state index in [1.165, 1.54) is 12.1 Å². The molecule has 0 amide bonds. The fourth-order valence-corrected chi connectivity index (χ4v) is 3.89. The Hall–Kier alpha value is -2.41. The van der Waals surface area contributed by atoms with Crippen molar-refractivity contribution in [2.45, 2.75) is 38.1 Å². The summed E-state index contributed by atoms with van der Waals surface area (Å²) in [6.45, 7) is 7.25. The predicted octanol–water partition coefficient (Wildman–Crippen LogP) is 2.13. The van der Waals surface area contributed by atoms with E-state index in [2.05, 4.69) is 15.2 Å². The van der Waals surface area contributed by atoms with Crippen LogP contribution in [0, 0.1) is 31.1 Å². The summed E-state index contributed by atoms with van der Waals surface area (Å²) in [5, 5.41) is 17.7. The molecule has 1 aliphatic heterocycles. The second-order valence-corrected chi connectivity index (χ2v) is 8.78. The van der Waals surface area contributed by atoms with Crippen LogP contribution in [0.15, 0.2) is 27.5 Å². The van der Waals surface area contributed by atoms with E-state index in [-0.39, 0.29) is 10.5 Å². The lowest BCUT2D eigenvalue weighted by Crippen LogP contribution is -2.35. The first-order valence-corrected chi connectivity index (χ1v) is 10.8. The van der Waals surface area contributed by atoms with Gasteiger partial charge in [-0.3, -0.25) is 4.90 Å². The van der Waals surface area contributed by atoms with Gasteiger partial charge in [-0.05, 0) is 63.9 Å². The van der Waals surface area contributed by atoms with Gasteiger partial charge >= 0.3 is 0 Å². The maximum atomic E-state index is 11.4. The third-order valence-corrected chi connectivity index (χ3v) is 6.07. The molecule has 1 fully saturated rings. The molecular formula is C19H25N5O3S. The number of nitrogens with zero attached hydrogens (tertiary/aromatic N) is 3. The lowest BCUT2D eigenvalue weighted by Gasteiger charge is -2.31. The highest BCUT2D eigenvalue weighted by atomic mass is 32.2.